The number of aromatic nitrogens is 1. The van der Waals surface area contributed by atoms with Crippen molar-refractivity contribution in [3.05, 3.63) is 17.8 Å². The minimum Gasteiger partial charge on any atom is -0.465 e. The number of nitrogen functional groups attached to an aromatic ring is 1. The summed E-state index contributed by atoms with van der Waals surface area (Å²) >= 11 is 0. The lowest BCUT2D eigenvalue weighted by Gasteiger charge is -2.28. The molecule has 1 aromatic heterocycles. The molecule has 21 heavy (non-hydrogen) atoms. The molecular weight excluding hydrogens is 266 g/mol. The minimum atomic E-state index is -0.410. The summed E-state index contributed by atoms with van der Waals surface area (Å²) in [5.41, 5.74) is 6.56. The van der Waals surface area contributed by atoms with Gasteiger partial charge in [-0.2, -0.15) is 0 Å². The smallest absolute Gasteiger partial charge is 0.341 e. The number of hydrogen-bond acceptors (Lipinski definition) is 5. The first-order valence-corrected chi connectivity index (χ1v) is 7.71. The topological polar surface area (TPSA) is 77.2 Å². The number of anilines is 2. The van der Waals surface area contributed by atoms with E-state index in [0.29, 0.717) is 23.0 Å². The van der Waals surface area contributed by atoms with Crippen LogP contribution in [-0.2, 0) is 4.74 Å². The lowest BCUT2D eigenvalue weighted by molar-refractivity contribution is 0.0601. The molecule has 1 aromatic rings. The van der Waals surface area contributed by atoms with Crippen LogP contribution in [0.5, 0.6) is 0 Å². The fourth-order valence-corrected chi connectivity index (χ4v) is 2.97. The number of nitrogens with one attached hydrogen (secondary N) is 1. The van der Waals surface area contributed by atoms with Gasteiger partial charge in [0.1, 0.15) is 11.4 Å². The third-order valence-electron chi connectivity index (χ3n) is 4.42. The molecule has 0 aliphatic heterocycles. The number of nitrogens with zero attached hydrogens (tertiary/aromatic N) is 1. The first-order chi connectivity index (χ1) is 10.1. The van der Waals surface area contributed by atoms with Crippen molar-refractivity contribution in [3.8, 4) is 0 Å². The number of methoxy groups -OCH3 is 1. The molecule has 5 heteroatoms. The minimum absolute atomic E-state index is 0.403. The van der Waals surface area contributed by atoms with Crippen LogP contribution in [0.15, 0.2) is 12.3 Å². The van der Waals surface area contributed by atoms with Gasteiger partial charge in [-0.1, -0.05) is 26.2 Å². The molecule has 1 fully saturated rings. The van der Waals surface area contributed by atoms with E-state index >= 15 is 0 Å². The van der Waals surface area contributed by atoms with Gasteiger partial charge in [0.15, 0.2) is 0 Å². The summed E-state index contributed by atoms with van der Waals surface area (Å²) in [4.78, 5) is 16.0. The van der Waals surface area contributed by atoms with Gasteiger partial charge in [0.25, 0.3) is 0 Å². The van der Waals surface area contributed by atoms with Crippen LogP contribution in [0.1, 0.15) is 49.4 Å². The molecule has 0 spiro atoms. The maximum Gasteiger partial charge on any atom is 0.341 e. The highest BCUT2D eigenvalue weighted by Crippen LogP contribution is 2.30. The largest absolute Gasteiger partial charge is 0.465 e. The molecule has 116 valence electrons. The molecule has 1 aliphatic rings. The molecular formula is C16H25N3O2. The molecule has 0 bridgehead atoms. The summed E-state index contributed by atoms with van der Waals surface area (Å²) in [6.07, 6.45) is 7.95. The zero-order chi connectivity index (χ0) is 15.2. The third kappa shape index (κ3) is 4.09. The number of carbonyl (C=O) groups excluding carboxylic acids is 1. The molecule has 0 amide bonds. The second-order valence-corrected chi connectivity index (χ2v) is 5.83. The zero-order valence-corrected chi connectivity index (χ0v) is 12.9. The summed E-state index contributed by atoms with van der Waals surface area (Å²) in [6.45, 7) is 3.11. The third-order valence-corrected chi connectivity index (χ3v) is 4.42. The molecule has 3 N–H and O–H groups in total. The average molecular weight is 291 g/mol. The van der Waals surface area contributed by atoms with Gasteiger partial charge in [-0.05, 0) is 30.7 Å². The molecule has 2 rings (SSSR count). The zero-order valence-electron chi connectivity index (χ0n) is 12.9. The molecule has 0 radical (unpaired) electrons. The van der Waals surface area contributed by atoms with Gasteiger partial charge in [-0.15, -0.1) is 0 Å². The molecule has 0 aromatic carbocycles. The van der Waals surface area contributed by atoms with Crippen molar-refractivity contribution >= 4 is 17.5 Å². The van der Waals surface area contributed by atoms with E-state index in [-0.39, 0.29) is 0 Å². The summed E-state index contributed by atoms with van der Waals surface area (Å²) in [6, 6.07) is 1.61. The Labute approximate surface area is 126 Å². The Bertz CT molecular complexity index is 482. The van der Waals surface area contributed by atoms with Crippen LogP contribution < -0.4 is 11.1 Å². The number of rotatable bonds is 5. The Morgan fingerprint density at radius 2 is 2.05 bits per heavy atom. The van der Waals surface area contributed by atoms with Crippen LogP contribution in [0.25, 0.3) is 0 Å². The van der Waals surface area contributed by atoms with Crippen LogP contribution in [0.4, 0.5) is 11.5 Å². The Morgan fingerprint density at radius 1 is 1.38 bits per heavy atom. The van der Waals surface area contributed by atoms with Crippen molar-refractivity contribution in [3.63, 3.8) is 0 Å². The van der Waals surface area contributed by atoms with Crippen molar-refractivity contribution in [2.45, 2.75) is 39.0 Å². The Hall–Kier alpha value is -1.78. The summed E-state index contributed by atoms with van der Waals surface area (Å²) < 4.78 is 4.78. The van der Waals surface area contributed by atoms with E-state index in [2.05, 4.69) is 17.2 Å². The Morgan fingerprint density at radius 3 is 2.67 bits per heavy atom. The number of carbonyl (C=O) groups is 1. The van der Waals surface area contributed by atoms with Gasteiger partial charge in [0.05, 0.1) is 19.0 Å². The average Bonchev–Trinajstić information content (AvgIpc) is 2.53. The number of pyridine rings is 1. The van der Waals surface area contributed by atoms with Gasteiger partial charge >= 0.3 is 5.97 Å². The number of nitrogens with two attached hydrogens (primary N) is 1. The summed E-state index contributed by atoms with van der Waals surface area (Å²) in [5.74, 6) is 1.69. The molecule has 1 aliphatic carbocycles. The Kier molecular flexibility index (Phi) is 5.42. The first kappa shape index (κ1) is 15.6. The van der Waals surface area contributed by atoms with E-state index in [0.717, 1.165) is 12.5 Å². The summed E-state index contributed by atoms with van der Waals surface area (Å²) in [5, 5.41) is 3.29. The van der Waals surface area contributed by atoms with E-state index in [4.69, 9.17) is 10.5 Å². The normalized spacial score (nSPS) is 21.8. The van der Waals surface area contributed by atoms with E-state index in [1.54, 1.807) is 12.3 Å². The lowest BCUT2D eigenvalue weighted by atomic mass is 9.81. The highest BCUT2D eigenvalue weighted by Gasteiger charge is 2.21. The second-order valence-electron chi connectivity index (χ2n) is 5.83. The monoisotopic (exact) mass is 291 g/mol. The number of esters is 1. The predicted octanol–water partition coefficient (Wildman–Crippen LogP) is 3.08. The van der Waals surface area contributed by atoms with E-state index in [1.807, 2.05) is 0 Å². The van der Waals surface area contributed by atoms with Gasteiger partial charge < -0.3 is 15.8 Å². The maximum atomic E-state index is 11.8. The second kappa shape index (κ2) is 7.29. The highest BCUT2D eigenvalue weighted by atomic mass is 16.5. The highest BCUT2D eigenvalue weighted by molar-refractivity contribution is 5.95. The summed E-state index contributed by atoms with van der Waals surface area (Å²) in [7, 11) is 1.36. The number of hydrogen-bond donors (Lipinski definition) is 2. The van der Waals surface area contributed by atoms with Crippen molar-refractivity contribution < 1.29 is 9.53 Å². The molecule has 1 heterocycles. The van der Waals surface area contributed by atoms with E-state index in [1.165, 1.54) is 39.2 Å². The standard InChI is InChI=1S/C16H25N3O2/c1-3-11-4-6-12(7-5-11)9-18-15-14(16(20)21-2)8-13(17)10-19-15/h8,10-12H,3-7,9,17H2,1-2H3,(H,18,19). The van der Waals surface area contributed by atoms with E-state index in [9.17, 15) is 4.79 Å². The molecule has 0 atom stereocenters. The molecule has 0 unspecified atom stereocenters. The molecule has 1 saturated carbocycles. The van der Waals surface area contributed by atoms with Gasteiger partial charge in [0.2, 0.25) is 0 Å². The van der Waals surface area contributed by atoms with Crippen LogP contribution in [0, 0.1) is 11.8 Å². The van der Waals surface area contributed by atoms with Crippen molar-refractivity contribution in [2.75, 3.05) is 24.7 Å². The molecule has 0 saturated heterocycles. The van der Waals surface area contributed by atoms with E-state index < -0.39 is 5.97 Å². The lowest BCUT2D eigenvalue weighted by Crippen LogP contribution is -2.22. The van der Waals surface area contributed by atoms with Gasteiger partial charge in [-0.25, -0.2) is 9.78 Å². The van der Waals surface area contributed by atoms with Crippen molar-refractivity contribution in [1.82, 2.24) is 4.98 Å². The van der Waals surface area contributed by atoms with Crippen LogP contribution in [0.2, 0.25) is 0 Å². The molecule has 5 nitrogen and oxygen atoms in total. The maximum absolute atomic E-state index is 11.8. The van der Waals surface area contributed by atoms with Gasteiger partial charge in [-0.3, -0.25) is 0 Å². The van der Waals surface area contributed by atoms with Crippen LogP contribution in [0.3, 0.4) is 0 Å². The van der Waals surface area contributed by atoms with Crippen molar-refractivity contribution in [1.29, 1.82) is 0 Å². The fraction of sp³-hybridized carbons (Fsp3) is 0.625. The fourth-order valence-electron chi connectivity index (χ4n) is 2.97. The van der Waals surface area contributed by atoms with Gasteiger partial charge in [0, 0.05) is 6.54 Å². The SMILES string of the molecule is CCC1CCC(CNc2ncc(N)cc2C(=O)OC)CC1. The number of ether oxygens (including phenoxy) is 1. The quantitative estimate of drug-likeness (QED) is 0.815. The predicted molar refractivity (Wildman–Crippen MR) is 84.2 cm³/mol. The van der Waals surface area contributed by atoms with Crippen LogP contribution in [-0.4, -0.2) is 24.6 Å². The Balaban J connectivity index is 1.95. The first-order valence-electron chi connectivity index (χ1n) is 7.71. The van der Waals surface area contributed by atoms with Crippen LogP contribution >= 0.6 is 0 Å². The van der Waals surface area contributed by atoms with Crippen molar-refractivity contribution in [2.24, 2.45) is 11.8 Å².